The fourth-order valence-corrected chi connectivity index (χ4v) is 4.53. The molecule has 160 valence electrons. The van der Waals surface area contributed by atoms with Crippen LogP contribution in [0.1, 0.15) is 42.6 Å². The number of hydrogen-bond donors (Lipinski definition) is 2. The van der Waals surface area contributed by atoms with Crippen molar-refractivity contribution in [1.82, 2.24) is 9.62 Å². The van der Waals surface area contributed by atoms with Gasteiger partial charge in [-0.05, 0) is 54.8 Å². The quantitative estimate of drug-likeness (QED) is 0.641. The molecule has 30 heavy (non-hydrogen) atoms. The summed E-state index contributed by atoms with van der Waals surface area (Å²) >= 11 is 0. The van der Waals surface area contributed by atoms with E-state index in [0.717, 1.165) is 18.4 Å². The highest BCUT2D eigenvalue weighted by Crippen LogP contribution is 2.30. The molecule has 0 aliphatic heterocycles. The van der Waals surface area contributed by atoms with Crippen molar-refractivity contribution < 1.29 is 18.0 Å². The van der Waals surface area contributed by atoms with Crippen molar-refractivity contribution in [2.24, 2.45) is 5.92 Å². The molecule has 1 saturated carbocycles. The van der Waals surface area contributed by atoms with Crippen LogP contribution in [0.3, 0.4) is 0 Å². The van der Waals surface area contributed by atoms with Crippen molar-refractivity contribution in [3.05, 3.63) is 59.7 Å². The third-order valence-electron chi connectivity index (χ3n) is 5.08. The molecule has 3 rings (SSSR count). The molecule has 2 aromatic rings. The van der Waals surface area contributed by atoms with Gasteiger partial charge in [-0.15, -0.1) is 0 Å². The predicted molar refractivity (Wildman–Crippen MR) is 116 cm³/mol. The number of sulfonamides is 1. The van der Waals surface area contributed by atoms with Crippen LogP contribution >= 0.6 is 0 Å². The Morgan fingerprint density at radius 2 is 1.57 bits per heavy atom. The van der Waals surface area contributed by atoms with Gasteiger partial charge in [0.05, 0.1) is 4.90 Å². The van der Waals surface area contributed by atoms with E-state index in [2.05, 4.69) is 10.6 Å². The molecule has 0 bridgehead atoms. The number of amides is 2. The summed E-state index contributed by atoms with van der Waals surface area (Å²) < 4.78 is 26.4. The van der Waals surface area contributed by atoms with Gasteiger partial charge in [0, 0.05) is 36.8 Å². The number of nitrogens with zero attached hydrogens (tertiary/aromatic N) is 1. The van der Waals surface area contributed by atoms with Gasteiger partial charge >= 0.3 is 0 Å². The van der Waals surface area contributed by atoms with E-state index in [9.17, 15) is 18.0 Å². The van der Waals surface area contributed by atoms with Crippen LogP contribution in [0.5, 0.6) is 0 Å². The van der Waals surface area contributed by atoms with Crippen LogP contribution in [-0.2, 0) is 21.4 Å². The van der Waals surface area contributed by atoms with Gasteiger partial charge in [0.2, 0.25) is 15.9 Å². The average Bonchev–Trinajstić information content (AvgIpc) is 3.59. The molecule has 0 aromatic heterocycles. The molecule has 1 aliphatic rings. The Morgan fingerprint density at radius 1 is 0.967 bits per heavy atom. The van der Waals surface area contributed by atoms with Crippen molar-refractivity contribution in [2.75, 3.05) is 18.4 Å². The summed E-state index contributed by atoms with van der Waals surface area (Å²) in [6, 6.07) is 13.3. The molecular weight excluding hydrogens is 402 g/mol. The summed E-state index contributed by atoms with van der Waals surface area (Å²) in [5.41, 5.74) is 1.96. The molecule has 1 fully saturated rings. The fraction of sp³-hybridized carbons (Fsp3) is 0.364. The number of nitrogens with one attached hydrogen (secondary N) is 2. The minimum atomic E-state index is -3.49. The van der Waals surface area contributed by atoms with Crippen LogP contribution < -0.4 is 10.6 Å². The molecular formula is C22H27N3O4S. The van der Waals surface area contributed by atoms with E-state index in [0.29, 0.717) is 24.3 Å². The molecule has 0 atom stereocenters. The largest absolute Gasteiger partial charge is 0.348 e. The van der Waals surface area contributed by atoms with Crippen LogP contribution in [0.2, 0.25) is 0 Å². The van der Waals surface area contributed by atoms with Crippen molar-refractivity contribution in [1.29, 1.82) is 0 Å². The van der Waals surface area contributed by atoms with E-state index in [1.54, 1.807) is 62.4 Å². The predicted octanol–water partition coefficient (Wildman–Crippen LogP) is 3.00. The third kappa shape index (κ3) is 5.25. The average molecular weight is 430 g/mol. The second-order valence-corrected chi connectivity index (χ2v) is 9.19. The van der Waals surface area contributed by atoms with E-state index < -0.39 is 10.0 Å². The van der Waals surface area contributed by atoms with E-state index >= 15 is 0 Å². The lowest BCUT2D eigenvalue weighted by atomic mass is 10.1. The van der Waals surface area contributed by atoms with Gasteiger partial charge in [-0.2, -0.15) is 4.31 Å². The number of benzene rings is 2. The number of anilines is 1. The second kappa shape index (κ2) is 9.40. The number of rotatable bonds is 9. The smallest absolute Gasteiger partial charge is 0.251 e. The first-order valence-electron chi connectivity index (χ1n) is 10.1. The Balaban J connectivity index is 1.56. The van der Waals surface area contributed by atoms with Crippen LogP contribution in [0.4, 0.5) is 5.69 Å². The Labute approximate surface area is 177 Å². The summed E-state index contributed by atoms with van der Waals surface area (Å²) in [4.78, 5) is 24.4. The molecule has 8 heteroatoms. The van der Waals surface area contributed by atoms with Crippen LogP contribution in [0.15, 0.2) is 53.4 Å². The lowest BCUT2D eigenvalue weighted by Gasteiger charge is -2.18. The molecule has 0 spiro atoms. The lowest BCUT2D eigenvalue weighted by Crippen LogP contribution is -2.30. The zero-order chi connectivity index (χ0) is 21.7. The first-order valence-corrected chi connectivity index (χ1v) is 11.6. The Bertz CT molecular complexity index is 994. The number of carbonyl (C=O) groups excluding carboxylic acids is 2. The van der Waals surface area contributed by atoms with Crippen molar-refractivity contribution >= 4 is 27.5 Å². The molecule has 2 amide bonds. The molecule has 0 unspecified atom stereocenters. The topological polar surface area (TPSA) is 95.6 Å². The highest BCUT2D eigenvalue weighted by Gasteiger charge is 2.29. The summed E-state index contributed by atoms with van der Waals surface area (Å²) in [5.74, 6) is -0.0880. The highest BCUT2D eigenvalue weighted by molar-refractivity contribution is 7.89. The summed E-state index contributed by atoms with van der Waals surface area (Å²) in [5, 5.41) is 5.66. The monoisotopic (exact) mass is 429 g/mol. The Hall–Kier alpha value is -2.71. The zero-order valence-electron chi connectivity index (χ0n) is 17.2. The molecule has 0 radical (unpaired) electrons. The van der Waals surface area contributed by atoms with Crippen LogP contribution in [0, 0.1) is 5.92 Å². The van der Waals surface area contributed by atoms with Crippen molar-refractivity contribution in [3.8, 4) is 0 Å². The first kappa shape index (κ1) is 22.0. The Kier molecular flexibility index (Phi) is 6.89. The maximum absolute atomic E-state index is 12.5. The SMILES string of the molecule is CCN(CC)S(=O)(=O)c1ccc(CNC(=O)c2ccc(NC(=O)C3CC3)cc2)cc1. The van der Waals surface area contributed by atoms with E-state index in [1.165, 1.54) is 4.31 Å². The van der Waals surface area contributed by atoms with Gasteiger partial charge < -0.3 is 10.6 Å². The summed E-state index contributed by atoms with van der Waals surface area (Å²) in [6.45, 7) is 4.72. The van der Waals surface area contributed by atoms with Gasteiger partial charge in [-0.25, -0.2) is 8.42 Å². The molecule has 2 aromatic carbocycles. The fourth-order valence-electron chi connectivity index (χ4n) is 3.07. The molecule has 0 heterocycles. The third-order valence-corrected chi connectivity index (χ3v) is 7.15. The normalized spacial score (nSPS) is 13.8. The Morgan fingerprint density at radius 3 is 2.10 bits per heavy atom. The van der Waals surface area contributed by atoms with Gasteiger partial charge in [0.1, 0.15) is 0 Å². The number of carbonyl (C=O) groups is 2. The van der Waals surface area contributed by atoms with Crippen LogP contribution in [-0.4, -0.2) is 37.6 Å². The minimum absolute atomic E-state index is 0.0265. The van der Waals surface area contributed by atoms with Crippen molar-refractivity contribution in [3.63, 3.8) is 0 Å². The van der Waals surface area contributed by atoms with E-state index in [-0.39, 0.29) is 29.2 Å². The first-order chi connectivity index (χ1) is 14.3. The molecule has 1 aliphatic carbocycles. The lowest BCUT2D eigenvalue weighted by molar-refractivity contribution is -0.117. The van der Waals surface area contributed by atoms with Crippen LogP contribution in [0.25, 0.3) is 0 Å². The zero-order valence-corrected chi connectivity index (χ0v) is 18.0. The summed E-state index contributed by atoms with van der Waals surface area (Å²) in [7, 11) is -3.49. The molecule has 7 nitrogen and oxygen atoms in total. The summed E-state index contributed by atoms with van der Waals surface area (Å²) in [6.07, 6.45) is 1.88. The number of hydrogen-bond acceptors (Lipinski definition) is 4. The van der Waals surface area contributed by atoms with Gasteiger partial charge in [0.25, 0.3) is 5.91 Å². The van der Waals surface area contributed by atoms with Gasteiger partial charge in [0.15, 0.2) is 0 Å². The maximum Gasteiger partial charge on any atom is 0.251 e. The van der Waals surface area contributed by atoms with E-state index in [1.807, 2.05) is 0 Å². The second-order valence-electron chi connectivity index (χ2n) is 7.26. The maximum atomic E-state index is 12.5. The molecule has 0 saturated heterocycles. The highest BCUT2D eigenvalue weighted by atomic mass is 32.2. The molecule has 2 N–H and O–H groups in total. The standard InChI is InChI=1S/C22H27N3O4S/c1-3-25(4-2)30(28,29)20-13-5-16(6-14-20)15-23-21(26)17-9-11-19(12-10-17)24-22(27)18-7-8-18/h5-6,9-14,18H,3-4,7-8,15H2,1-2H3,(H,23,26)(H,24,27). The minimum Gasteiger partial charge on any atom is -0.348 e. The van der Waals surface area contributed by atoms with Crippen molar-refractivity contribution in [2.45, 2.75) is 38.1 Å². The van der Waals surface area contributed by atoms with E-state index in [4.69, 9.17) is 0 Å². The van der Waals surface area contributed by atoms with Gasteiger partial charge in [-0.1, -0.05) is 26.0 Å². The van der Waals surface area contributed by atoms with Gasteiger partial charge in [-0.3, -0.25) is 9.59 Å².